The van der Waals surface area contributed by atoms with Gasteiger partial charge in [-0.2, -0.15) is 0 Å². The molecule has 28 heavy (non-hydrogen) atoms. The molecule has 0 aliphatic carbocycles. The number of nitrogens with zero attached hydrogens (tertiary/aromatic N) is 4. The molecule has 146 valence electrons. The van der Waals surface area contributed by atoms with E-state index in [2.05, 4.69) is 20.4 Å². The lowest BCUT2D eigenvalue weighted by Crippen LogP contribution is -2.38. The summed E-state index contributed by atoms with van der Waals surface area (Å²) in [6.07, 6.45) is 2.73. The highest BCUT2D eigenvalue weighted by atomic mass is 35.5. The number of nitrogens with one attached hydrogen (secondary N) is 1. The van der Waals surface area contributed by atoms with Gasteiger partial charge < -0.3 is 10.1 Å². The number of pyridine rings is 1. The van der Waals surface area contributed by atoms with Gasteiger partial charge in [-0.1, -0.05) is 23.7 Å². The molecule has 0 spiro atoms. The highest BCUT2D eigenvalue weighted by Crippen LogP contribution is 2.22. The van der Waals surface area contributed by atoms with Crippen LogP contribution in [0.3, 0.4) is 0 Å². The number of amides is 1. The summed E-state index contributed by atoms with van der Waals surface area (Å²) in [6.45, 7) is 5.13. The van der Waals surface area contributed by atoms with E-state index in [-0.39, 0.29) is 5.91 Å². The molecular weight excluding hydrogens is 378 g/mol. The summed E-state index contributed by atoms with van der Waals surface area (Å²) in [5.74, 6) is 0.590. The van der Waals surface area contributed by atoms with E-state index < -0.39 is 0 Å². The Morgan fingerprint density at radius 2 is 2.04 bits per heavy atom. The molecule has 3 heterocycles. The van der Waals surface area contributed by atoms with Crippen LogP contribution >= 0.6 is 11.6 Å². The summed E-state index contributed by atoms with van der Waals surface area (Å²) >= 11 is 6.07. The maximum atomic E-state index is 12.4. The Hall–Kier alpha value is -2.48. The lowest BCUT2D eigenvalue weighted by Gasteiger charge is -2.26. The highest BCUT2D eigenvalue weighted by molar-refractivity contribution is 6.30. The van der Waals surface area contributed by atoms with Crippen molar-refractivity contribution in [1.82, 2.24) is 24.8 Å². The highest BCUT2D eigenvalue weighted by Gasteiger charge is 2.13. The van der Waals surface area contributed by atoms with Crippen LogP contribution in [0.25, 0.3) is 17.0 Å². The fourth-order valence-corrected chi connectivity index (χ4v) is 3.48. The van der Waals surface area contributed by atoms with Gasteiger partial charge in [0.2, 0.25) is 0 Å². The van der Waals surface area contributed by atoms with Crippen molar-refractivity contribution in [1.29, 1.82) is 0 Å². The SMILES string of the molecule is O=C(NCCCN1CCOCC1)c1ccn2c(-c3cccc(Cl)c3)nnc2c1. The van der Waals surface area contributed by atoms with Crippen LogP contribution in [0.15, 0.2) is 42.6 Å². The molecule has 0 saturated carbocycles. The van der Waals surface area contributed by atoms with Gasteiger partial charge in [-0.15, -0.1) is 10.2 Å². The Morgan fingerprint density at radius 3 is 2.86 bits per heavy atom. The fraction of sp³-hybridized carbons (Fsp3) is 0.350. The van der Waals surface area contributed by atoms with E-state index in [9.17, 15) is 4.79 Å². The molecule has 4 rings (SSSR count). The van der Waals surface area contributed by atoms with Crippen molar-refractivity contribution >= 4 is 23.2 Å². The van der Waals surface area contributed by atoms with Crippen molar-refractivity contribution in [3.8, 4) is 11.4 Å². The third-order valence-corrected chi connectivity index (χ3v) is 5.03. The summed E-state index contributed by atoms with van der Waals surface area (Å²) in [7, 11) is 0. The average Bonchev–Trinajstić information content (AvgIpc) is 3.15. The minimum absolute atomic E-state index is 0.100. The maximum absolute atomic E-state index is 12.4. The Balaban J connectivity index is 1.38. The lowest BCUT2D eigenvalue weighted by atomic mass is 10.2. The fourth-order valence-electron chi connectivity index (χ4n) is 3.29. The summed E-state index contributed by atoms with van der Waals surface area (Å²) in [4.78, 5) is 14.8. The molecule has 0 unspecified atom stereocenters. The molecule has 1 fully saturated rings. The number of rotatable bonds is 6. The number of carbonyl (C=O) groups excluding carboxylic acids is 1. The van der Waals surface area contributed by atoms with Crippen LogP contribution < -0.4 is 5.32 Å². The Labute approximate surface area is 168 Å². The zero-order chi connectivity index (χ0) is 19.3. The topological polar surface area (TPSA) is 71.8 Å². The zero-order valence-electron chi connectivity index (χ0n) is 15.5. The number of aromatic nitrogens is 3. The lowest BCUT2D eigenvalue weighted by molar-refractivity contribution is 0.0374. The monoisotopic (exact) mass is 399 g/mol. The van der Waals surface area contributed by atoms with Gasteiger partial charge in [0.1, 0.15) is 0 Å². The van der Waals surface area contributed by atoms with Gasteiger partial charge in [0.15, 0.2) is 11.5 Å². The van der Waals surface area contributed by atoms with Crippen molar-refractivity contribution in [2.45, 2.75) is 6.42 Å². The van der Waals surface area contributed by atoms with Crippen molar-refractivity contribution in [2.75, 3.05) is 39.4 Å². The number of hydrogen-bond acceptors (Lipinski definition) is 5. The largest absolute Gasteiger partial charge is 0.379 e. The molecule has 1 amide bonds. The molecule has 1 saturated heterocycles. The number of halogens is 1. The zero-order valence-corrected chi connectivity index (χ0v) is 16.2. The van der Waals surface area contributed by atoms with Crippen LogP contribution in [-0.2, 0) is 4.74 Å². The molecule has 3 aromatic rings. The smallest absolute Gasteiger partial charge is 0.251 e. The summed E-state index contributed by atoms with van der Waals surface area (Å²) < 4.78 is 7.19. The Bertz CT molecular complexity index is 968. The minimum atomic E-state index is -0.100. The number of carbonyl (C=O) groups is 1. The second-order valence-electron chi connectivity index (χ2n) is 6.74. The summed E-state index contributed by atoms with van der Waals surface area (Å²) in [6, 6.07) is 11.0. The molecule has 0 radical (unpaired) electrons. The third kappa shape index (κ3) is 4.32. The van der Waals surface area contributed by atoms with Gasteiger partial charge in [-0.05, 0) is 37.2 Å². The van der Waals surface area contributed by atoms with E-state index in [1.807, 2.05) is 34.9 Å². The van der Waals surface area contributed by atoms with Gasteiger partial charge in [-0.3, -0.25) is 14.1 Å². The number of ether oxygens (including phenoxy) is 1. The molecule has 7 nitrogen and oxygen atoms in total. The Morgan fingerprint density at radius 1 is 1.18 bits per heavy atom. The molecule has 1 aliphatic rings. The van der Waals surface area contributed by atoms with Crippen molar-refractivity contribution < 1.29 is 9.53 Å². The Kier molecular flexibility index (Phi) is 5.85. The molecule has 8 heteroatoms. The van der Waals surface area contributed by atoms with E-state index >= 15 is 0 Å². The molecule has 2 aromatic heterocycles. The average molecular weight is 400 g/mol. The minimum Gasteiger partial charge on any atom is -0.379 e. The van der Waals surface area contributed by atoms with Gasteiger partial charge in [0.05, 0.1) is 13.2 Å². The standard InChI is InChI=1S/C20H22ClN5O2/c21-17-4-1-3-15(13-17)19-24-23-18-14-16(5-8-26(18)19)20(27)22-6-2-7-25-9-11-28-12-10-25/h1,3-5,8,13-14H,2,6-7,9-12H2,(H,22,27). The third-order valence-electron chi connectivity index (χ3n) is 4.80. The molecule has 0 atom stereocenters. The predicted octanol–water partition coefficient (Wildman–Crippen LogP) is 2.50. The predicted molar refractivity (Wildman–Crippen MR) is 108 cm³/mol. The van der Waals surface area contributed by atoms with Crippen LogP contribution in [0.4, 0.5) is 0 Å². The second kappa shape index (κ2) is 8.68. The normalized spacial score (nSPS) is 15.0. The van der Waals surface area contributed by atoms with Crippen molar-refractivity contribution in [3.05, 3.63) is 53.2 Å². The van der Waals surface area contributed by atoms with E-state index in [0.29, 0.717) is 28.6 Å². The second-order valence-corrected chi connectivity index (χ2v) is 7.18. The quantitative estimate of drug-likeness (QED) is 0.645. The van der Waals surface area contributed by atoms with E-state index in [0.717, 1.165) is 44.8 Å². The first-order chi connectivity index (χ1) is 13.7. The van der Waals surface area contributed by atoms with Crippen LogP contribution in [0.1, 0.15) is 16.8 Å². The number of benzene rings is 1. The van der Waals surface area contributed by atoms with Gasteiger partial charge in [0.25, 0.3) is 5.91 Å². The summed E-state index contributed by atoms with van der Waals surface area (Å²) in [5.41, 5.74) is 2.07. The molecule has 1 N–H and O–H groups in total. The van der Waals surface area contributed by atoms with Crippen LogP contribution in [0.2, 0.25) is 5.02 Å². The molecule has 0 bridgehead atoms. The maximum Gasteiger partial charge on any atom is 0.251 e. The molecule has 1 aromatic carbocycles. The number of morpholine rings is 1. The van der Waals surface area contributed by atoms with Gasteiger partial charge in [-0.25, -0.2) is 0 Å². The van der Waals surface area contributed by atoms with Crippen molar-refractivity contribution in [3.63, 3.8) is 0 Å². The number of fused-ring (bicyclic) bond motifs is 1. The molecular formula is C20H22ClN5O2. The van der Waals surface area contributed by atoms with E-state index in [1.54, 1.807) is 12.1 Å². The molecule has 1 aliphatic heterocycles. The first kappa shape index (κ1) is 18.9. The first-order valence-corrected chi connectivity index (χ1v) is 9.77. The summed E-state index contributed by atoms with van der Waals surface area (Å²) in [5, 5.41) is 12.1. The van der Waals surface area contributed by atoms with Gasteiger partial charge in [0, 0.05) is 42.0 Å². The van der Waals surface area contributed by atoms with Crippen molar-refractivity contribution in [2.24, 2.45) is 0 Å². The van der Waals surface area contributed by atoms with E-state index in [1.165, 1.54) is 0 Å². The van der Waals surface area contributed by atoms with Crippen LogP contribution in [-0.4, -0.2) is 64.8 Å². The first-order valence-electron chi connectivity index (χ1n) is 9.40. The van der Waals surface area contributed by atoms with E-state index in [4.69, 9.17) is 16.3 Å². The number of hydrogen-bond donors (Lipinski definition) is 1. The van der Waals surface area contributed by atoms with Gasteiger partial charge >= 0.3 is 0 Å². The van der Waals surface area contributed by atoms with Crippen LogP contribution in [0.5, 0.6) is 0 Å². The van der Waals surface area contributed by atoms with Crippen LogP contribution in [0, 0.1) is 0 Å².